The van der Waals surface area contributed by atoms with Crippen LogP contribution < -0.4 is 5.32 Å². The van der Waals surface area contributed by atoms with Crippen molar-refractivity contribution in [3.63, 3.8) is 0 Å². The molecule has 0 aromatic heterocycles. The van der Waals surface area contributed by atoms with Crippen LogP contribution in [0.5, 0.6) is 0 Å². The second-order valence-electron chi connectivity index (χ2n) is 3.50. The molecule has 2 N–H and O–H groups in total. The summed E-state index contributed by atoms with van der Waals surface area (Å²) in [6.45, 7) is 4.68. The van der Waals surface area contributed by atoms with Gasteiger partial charge in [-0.2, -0.15) is 0 Å². The maximum absolute atomic E-state index is 12.1. The van der Waals surface area contributed by atoms with Crippen molar-refractivity contribution in [3.8, 4) is 0 Å². The molecule has 5 heteroatoms. The number of hydrogen-bond donors (Lipinski definition) is 2. The van der Waals surface area contributed by atoms with Crippen molar-refractivity contribution < 1.29 is 14.5 Å². The predicted octanol–water partition coefficient (Wildman–Crippen LogP) is 0.630. The lowest BCUT2D eigenvalue weighted by Crippen LogP contribution is -2.40. The molecule has 0 amide bonds. The van der Waals surface area contributed by atoms with Crippen LogP contribution in [-0.4, -0.2) is 35.5 Å². The molecule has 0 aromatic rings. The topological polar surface area (TPSA) is 72.4 Å². The van der Waals surface area contributed by atoms with E-state index in [0.29, 0.717) is 25.2 Å². The molecule has 0 aromatic carbocycles. The Kier molecular flexibility index (Phi) is 3.25. The van der Waals surface area contributed by atoms with E-state index in [0.717, 1.165) is 0 Å². The van der Waals surface area contributed by atoms with Gasteiger partial charge in [0.25, 0.3) is 0 Å². The largest absolute Gasteiger partial charge is 0.627 e. The zero-order valence-electron chi connectivity index (χ0n) is 8.54. The van der Waals surface area contributed by atoms with E-state index in [9.17, 15) is 10.0 Å². The van der Waals surface area contributed by atoms with E-state index in [1.165, 1.54) is 6.92 Å². The van der Waals surface area contributed by atoms with Crippen molar-refractivity contribution >= 4 is 5.97 Å². The molecule has 1 rings (SSSR count). The summed E-state index contributed by atoms with van der Waals surface area (Å²) in [6, 6.07) is 0. The molecule has 14 heavy (non-hydrogen) atoms. The van der Waals surface area contributed by atoms with Crippen molar-refractivity contribution in [2.45, 2.75) is 20.3 Å². The van der Waals surface area contributed by atoms with Gasteiger partial charge >= 0.3 is 5.97 Å². The van der Waals surface area contributed by atoms with Crippen LogP contribution in [0.15, 0.2) is 11.3 Å². The Hall–Kier alpha value is -0.910. The van der Waals surface area contributed by atoms with E-state index in [-0.39, 0.29) is 12.2 Å². The summed E-state index contributed by atoms with van der Waals surface area (Å²) in [5.41, 5.74) is 0.661. The average Bonchev–Trinajstić information content (AvgIpc) is 2.53. The molecule has 1 unspecified atom stereocenters. The van der Waals surface area contributed by atoms with E-state index in [2.05, 4.69) is 5.32 Å². The Bertz CT molecular complexity index is 267. The average molecular weight is 200 g/mol. The summed E-state index contributed by atoms with van der Waals surface area (Å²) >= 11 is 0. The molecule has 0 aliphatic carbocycles. The zero-order valence-corrected chi connectivity index (χ0v) is 8.54. The van der Waals surface area contributed by atoms with E-state index in [1.54, 1.807) is 0 Å². The molecule has 0 saturated carbocycles. The molecule has 1 aliphatic heterocycles. The number of hydroxylamine groups is 3. The summed E-state index contributed by atoms with van der Waals surface area (Å²) in [7, 11) is 0. The molecule has 1 fully saturated rings. The van der Waals surface area contributed by atoms with Crippen LogP contribution >= 0.6 is 0 Å². The molecule has 0 bridgehead atoms. The molecule has 5 nitrogen and oxygen atoms in total. The van der Waals surface area contributed by atoms with Gasteiger partial charge < -0.3 is 15.0 Å². The third-order valence-corrected chi connectivity index (χ3v) is 2.60. The second kappa shape index (κ2) is 4.08. The summed E-state index contributed by atoms with van der Waals surface area (Å²) in [5, 5.41) is 23.9. The van der Waals surface area contributed by atoms with Crippen LogP contribution in [0.3, 0.4) is 0 Å². The quantitative estimate of drug-likeness (QED) is 0.398. The van der Waals surface area contributed by atoms with Gasteiger partial charge in [0.15, 0.2) is 0 Å². The molecule has 1 saturated heterocycles. The minimum Gasteiger partial charge on any atom is -0.627 e. The summed E-state index contributed by atoms with van der Waals surface area (Å²) in [4.78, 5) is 10.8. The summed E-state index contributed by atoms with van der Waals surface area (Å²) in [5.74, 6) is -0.998. The predicted molar refractivity (Wildman–Crippen MR) is 52.0 cm³/mol. The molecule has 80 valence electrons. The second-order valence-corrected chi connectivity index (χ2v) is 3.50. The van der Waals surface area contributed by atoms with Gasteiger partial charge in [-0.3, -0.25) is 5.32 Å². The van der Waals surface area contributed by atoms with Gasteiger partial charge in [0.05, 0.1) is 18.7 Å². The van der Waals surface area contributed by atoms with Gasteiger partial charge in [-0.25, -0.2) is 4.79 Å². The minimum absolute atomic E-state index is 0.186. The van der Waals surface area contributed by atoms with Gasteiger partial charge in [0, 0.05) is 6.42 Å². The fourth-order valence-electron chi connectivity index (χ4n) is 1.81. The van der Waals surface area contributed by atoms with Gasteiger partial charge in [-0.1, -0.05) is 6.92 Å². The van der Waals surface area contributed by atoms with Crippen LogP contribution in [0, 0.1) is 5.21 Å². The molecule has 1 atom stereocenters. The fraction of sp³-hybridized carbons (Fsp3) is 0.667. The Labute approximate surface area is 83.2 Å². The Morgan fingerprint density at radius 2 is 2.29 bits per heavy atom. The number of aliphatic carboxylic acids is 1. The molecule has 0 radical (unpaired) electrons. The number of hydrogen-bond acceptors (Lipinski definition) is 3. The summed E-state index contributed by atoms with van der Waals surface area (Å²) in [6.07, 6.45) is 0.489. The first kappa shape index (κ1) is 11.2. The van der Waals surface area contributed by atoms with Crippen molar-refractivity contribution in [1.82, 2.24) is 5.32 Å². The standard InChI is InChI=1S/C9H16N2O3/c1-3-8(7(2)9(12)13)11(14)5-4-10-6-11/h10H,3-6H2,1-2H3,(H,12,13). The smallest absolute Gasteiger partial charge is 0.336 e. The first-order valence-corrected chi connectivity index (χ1v) is 4.73. The highest BCUT2D eigenvalue weighted by Crippen LogP contribution is 2.24. The van der Waals surface area contributed by atoms with E-state index < -0.39 is 10.6 Å². The molecular formula is C9H16N2O3. The molecule has 0 spiro atoms. The lowest BCUT2D eigenvalue weighted by molar-refractivity contribution is -0.831. The highest BCUT2D eigenvalue weighted by molar-refractivity contribution is 5.86. The van der Waals surface area contributed by atoms with Crippen LogP contribution in [0.2, 0.25) is 0 Å². The van der Waals surface area contributed by atoms with Crippen molar-refractivity contribution in [2.24, 2.45) is 0 Å². The number of carbonyl (C=O) groups is 1. The Morgan fingerprint density at radius 1 is 1.64 bits per heavy atom. The lowest BCUT2D eigenvalue weighted by atomic mass is 10.1. The van der Waals surface area contributed by atoms with Gasteiger partial charge in [0.2, 0.25) is 0 Å². The summed E-state index contributed by atoms with van der Waals surface area (Å²) < 4.78 is -0.519. The van der Waals surface area contributed by atoms with Gasteiger partial charge in [-0.05, 0) is 6.92 Å². The Morgan fingerprint density at radius 3 is 2.64 bits per heavy atom. The number of nitrogens with zero attached hydrogens (tertiary/aromatic N) is 1. The minimum atomic E-state index is -0.998. The number of quaternary nitrogens is 1. The van der Waals surface area contributed by atoms with E-state index >= 15 is 0 Å². The van der Waals surface area contributed by atoms with Crippen molar-refractivity contribution in [1.29, 1.82) is 0 Å². The third-order valence-electron chi connectivity index (χ3n) is 2.60. The van der Waals surface area contributed by atoms with Crippen molar-refractivity contribution in [2.75, 3.05) is 19.8 Å². The molecular weight excluding hydrogens is 184 g/mol. The Balaban J connectivity index is 3.01. The number of allylic oxidation sites excluding steroid dienone is 1. The number of rotatable bonds is 3. The van der Waals surface area contributed by atoms with Crippen LogP contribution in [-0.2, 0) is 4.79 Å². The van der Waals surface area contributed by atoms with Gasteiger partial charge in [0.1, 0.15) is 12.4 Å². The van der Waals surface area contributed by atoms with Crippen LogP contribution in [0.1, 0.15) is 20.3 Å². The first-order chi connectivity index (χ1) is 6.51. The first-order valence-electron chi connectivity index (χ1n) is 4.73. The van der Waals surface area contributed by atoms with Gasteiger partial charge in [-0.15, -0.1) is 0 Å². The van der Waals surface area contributed by atoms with Crippen molar-refractivity contribution in [3.05, 3.63) is 16.5 Å². The highest BCUT2D eigenvalue weighted by Gasteiger charge is 2.29. The third kappa shape index (κ3) is 1.95. The normalized spacial score (nSPS) is 28.8. The fourth-order valence-corrected chi connectivity index (χ4v) is 1.81. The molecule has 1 aliphatic rings. The monoisotopic (exact) mass is 200 g/mol. The zero-order chi connectivity index (χ0) is 10.8. The lowest BCUT2D eigenvalue weighted by Gasteiger charge is -2.39. The maximum Gasteiger partial charge on any atom is 0.336 e. The number of carboxylic acids is 1. The van der Waals surface area contributed by atoms with E-state index in [1.807, 2.05) is 6.92 Å². The van der Waals surface area contributed by atoms with E-state index in [4.69, 9.17) is 5.11 Å². The number of carboxylic acid groups (broad SMARTS) is 1. The van der Waals surface area contributed by atoms with Crippen LogP contribution in [0.25, 0.3) is 0 Å². The SMILES string of the molecule is CCC(=C(C)C(=O)O)[N+]1([O-])CCNC1. The number of nitrogens with one attached hydrogen (secondary N) is 1. The maximum atomic E-state index is 12.1. The molecule has 1 heterocycles. The highest BCUT2D eigenvalue weighted by atomic mass is 16.6. The van der Waals surface area contributed by atoms with Crippen LogP contribution in [0.4, 0.5) is 0 Å².